The first kappa shape index (κ1) is 20.4. The summed E-state index contributed by atoms with van der Waals surface area (Å²) in [6.45, 7) is 13.3. The average Bonchev–Trinajstić information content (AvgIpc) is 2.92. The van der Waals surface area contributed by atoms with Gasteiger partial charge in [-0.3, -0.25) is 9.69 Å². The van der Waals surface area contributed by atoms with Crippen molar-refractivity contribution in [1.29, 1.82) is 0 Å². The van der Waals surface area contributed by atoms with Gasteiger partial charge in [-0.2, -0.15) is 0 Å². The number of likely N-dealkylation sites (N-methyl/N-ethyl adjacent to an activating group) is 1. The number of hydrogen-bond donors (Lipinski definition) is 0. The van der Waals surface area contributed by atoms with Crippen molar-refractivity contribution in [2.24, 2.45) is 4.99 Å². The highest BCUT2D eigenvalue weighted by Gasteiger charge is 2.32. The summed E-state index contributed by atoms with van der Waals surface area (Å²) in [5, 5.41) is 0.752. The fourth-order valence-corrected chi connectivity index (χ4v) is 4.23. The Balaban J connectivity index is 1.93. The maximum absolute atomic E-state index is 12.9. The first-order valence-corrected chi connectivity index (χ1v) is 10.5. The van der Waals surface area contributed by atoms with E-state index >= 15 is 0 Å². The van der Waals surface area contributed by atoms with E-state index in [0.29, 0.717) is 6.54 Å². The highest BCUT2D eigenvalue weighted by Crippen LogP contribution is 2.35. The molecule has 0 N–H and O–H groups in total. The van der Waals surface area contributed by atoms with Crippen molar-refractivity contribution in [3.63, 3.8) is 0 Å². The minimum Gasteiger partial charge on any atom is -0.287 e. The Labute approximate surface area is 172 Å². The Bertz CT molecular complexity index is 929. The van der Waals surface area contributed by atoms with Crippen LogP contribution in [0.15, 0.2) is 52.4 Å². The second-order valence-electron chi connectivity index (χ2n) is 8.17. The van der Waals surface area contributed by atoms with E-state index in [-0.39, 0.29) is 11.3 Å². The summed E-state index contributed by atoms with van der Waals surface area (Å²) in [5.41, 5.74) is 5.62. The highest BCUT2D eigenvalue weighted by molar-refractivity contribution is 8.18. The molecule has 0 spiro atoms. The summed E-state index contributed by atoms with van der Waals surface area (Å²) in [7, 11) is 0. The zero-order valence-electron chi connectivity index (χ0n) is 17.5. The van der Waals surface area contributed by atoms with E-state index in [1.165, 1.54) is 17.3 Å². The van der Waals surface area contributed by atoms with Crippen LogP contribution in [0.25, 0.3) is 6.08 Å². The minimum absolute atomic E-state index is 0.0254. The molecule has 1 fully saturated rings. The number of aryl methyl sites for hydroxylation is 2. The van der Waals surface area contributed by atoms with Gasteiger partial charge in [-0.1, -0.05) is 63.2 Å². The van der Waals surface area contributed by atoms with Crippen LogP contribution >= 0.6 is 11.8 Å². The van der Waals surface area contributed by atoms with Crippen molar-refractivity contribution in [3.05, 3.63) is 69.6 Å². The van der Waals surface area contributed by atoms with Crippen LogP contribution in [0.5, 0.6) is 0 Å². The molecule has 2 aromatic rings. The van der Waals surface area contributed by atoms with Gasteiger partial charge in [0.25, 0.3) is 5.91 Å². The zero-order valence-corrected chi connectivity index (χ0v) is 18.4. The molecule has 1 heterocycles. The zero-order chi connectivity index (χ0) is 20.5. The molecular formula is C24H28N2OS. The van der Waals surface area contributed by atoms with E-state index in [2.05, 4.69) is 71.0 Å². The third kappa shape index (κ3) is 4.22. The molecule has 0 bridgehead atoms. The lowest BCUT2D eigenvalue weighted by molar-refractivity contribution is -0.122. The van der Waals surface area contributed by atoms with Gasteiger partial charge in [-0.15, -0.1) is 0 Å². The van der Waals surface area contributed by atoms with Crippen LogP contribution in [-0.4, -0.2) is 22.5 Å². The molecule has 3 rings (SSSR count). The fourth-order valence-electron chi connectivity index (χ4n) is 3.18. The number of para-hydroxylation sites is 1. The molecule has 1 aliphatic rings. The van der Waals surface area contributed by atoms with E-state index in [4.69, 9.17) is 4.99 Å². The number of amides is 1. The van der Waals surface area contributed by atoms with Gasteiger partial charge in [-0.05, 0) is 66.3 Å². The molecule has 0 atom stereocenters. The SMILES string of the molecule is CCN1C(=O)/C(=C\c2ccc(C(C)(C)C)cc2)SC1=Nc1c(C)cccc1C. The van der Waals surface area contributed by atoms with Crippen molar-refractivity contribution in [3.8, 4) is 0 Å². The van der Waals surface area contributed by atoms with Gasteiger partial charge in [0.2, 0.25) is 0 Å². The van der Waals surface area contributed by atoms with E-state index in [1.807, 2.05) is 19.1 Å². The normalized spacial score (nSPS) is 17.8. The van der Waals surface area contributed by atoms with Crippen LogP contribution in [-0.2, 0) is 10.2 Å². The number of hydrogen-bond acceptors (Lipinski definition) is 3. The van der Waals surface area contributed by atoms with E-state index in [0.717, 1.165) is 32.5 Å². The molecule has 0 aromatic heterocycles. The first-order chi connectivity index (χ1) is 13.2. The molecule has 3 nitrogen and oxygen atoms in total. The lowest BCUT2D eigenvalue weighted by atomic mass is 9.87. The van der Waals surface area contributed by atoms with Gasteiger partial charge in [0.1, 0.15) is 0 Å². The van der Waals surface area contributed by atoms with Crippen LogP contribution in [0.4, 0.5) is 5.69 Å². The molecule has 2 aromatic carbocycles. The molecule has 1 aliphatic heterocycles. The van der Waals surface area contributed by atoms with Gasteiger partial charge in [-0.25, -0.2) is 4.99 Å². The fraction of sp³-hybridized carbons (Fsp3) is 0.333. The number of nitrogens with zero attached hydrogens (tertiary/aromatic N) is 2. The number of carbonyl (C=O) groups excluding carboxylic acids is 1. The summed E-state index contributed by atoms with van der Waals surface area (Å²) < 4.78 is 0. The molecule has 28 heavy (non-hydrogen) atoms. The Morgan fingerprint density at radius 2 is 1.64 bits per heavy atom. The molecule has 146 valence electrons. The van der Waals surface area contributed by atoms with Crippen LogP contribution in [0, 0.1) is 13.8 Å². The van der Waals surface area contributed by atoms with Crippen molar-refractivity contribution in [1.82, 2.24) is 4.90 Å². The molecule has 0 aliphatic carbocycles. The second kappa shape index (κ2) is 7.96. The van der Waals surface area contributed by atoms with E-state index < -0.39 is 0 Å². The molecule has 4 heteroatoms. The predicted molar refractivity (Wildman–Crippen MR) is 121 cm³/mol. The maximum Gasteiger partial charge on any atom is 0.266 e. The maximum atomic E-state index is 12.9. The number of carbonyl (C=O) groups is 1. The molecule has 1 saturated heterocycles. The average molecular weight is 393 g/mol. The van der Waals surface area contributed by atoms with Crippen LogP contribution in [0.1, 0.15) is 49.9 Å². The molecule has 1 amide bonds. The second-order valence-corrected chi connectivity index (χ2v) is 9.18. The van der Waals surface area contributed by atoms with Gasteiger partial charge in [0.15, 0.2) is 5.17 Å². The summed E-state index contributed by atoms with van der Waals surface area (Å²) in [5.74, 6) is 0.0254. The lowest BCUT2D eigenvalue weighted by Gasteiger charge is -2.18. The van der Waals surface area contributed by atoms with Gasteiger partial charge < -0.3 is 0 Å². The Kier molecular flexibility index (Phi) is 5.80. The first-order valence-electron chi connectivity index (χ1n) is 9.67. The highest BCUT2D eigenvalue weighted by atomic mass is 32.2. The summed E-state index contributed by atoms with van der Waals surface area (Å²) in [6, 6.07) is 14.6. The van der Waals surface area contributed by atoms with Crippen LogP contribution in [0.3, 0.4) is 0 Å². The number of benzene rings is 2. The monoisotopic (exact) mass is 392 g/mol. The van der Waals surface area contributed by atoms with E-state index in [9.17, 15) is 4.79 Å². The van der Waals surface area contributed by atoms with Crippen LogP contribution < -0.4 is 0 Å². The Hall–Kier alpha value is -2.33. The molecule has 0 saturated carbocycles. The molecule has 0 radical (unpaired) electrons. The topological polar surface area (TPSA) is 32.7 Å². The lowest BCUT2D eigenvalue weighted by Crippen LogP contribution is -2.28. The van der Waals surface area contributed by atoms with Crippen molar-refractivity contribution < 1.29 is 4.79 Å². The van der Waals surface area contributed by atoms with Crippen molar-refractivity contribution >= 4 is 34.6 Å². The third-order valence-electron chi connectivity index (χ3n) is 4.93. The van der Waals surface area contributed by atoms with Crippen molar-refractivity contribution in [2.45, 2.75) is 47.0 Å². The number of amidine groups is 1. The summed E-state index contributed by atoms with van der Waals surface area (Å²) >= 11 is 1.46. The largest absolute Gasteiger partial charge is 0.287 e. The van der Waals surface area contributed by atoms with E-state index in [1.54, 1.807) is 4.90 Å². The summed E-state index contributed by atoms with van der Waals surface area (Å²) in [4.78, 5) is 20.2. The molecule has 0 unspecified atom stereocenters. The minimum atomic E-state index is 0.0254. The van der Waals surface area contributed by atoms with Crippen LogP contribution in [0.2, 0.25) is 0 Å². The van der Waals surface area contributed by atoms with Gasteiger partial charge >= 0.3 is 0 Å². The van der Waals surface area contributed by atoms with Gasteiger partial charge in [0.05, 0.1) is 10.6 Å². The van der Waals surface area contributed by atoms with Crippen molar-refractivity contribution in [2.75, 3.05) is 6.54 Å². The Morgan fingerprint density at radius 3 is 2.18 bits per heavy atom. The number of aliphatic imine (C=N–C) groups is 1. The molecular weight excluding hydrogens is 364 g/mol. The summed E-state index contributed by atoms with van der Waals surface area (Å²) in [6.07, 6.45) is 1.97. The number of rotatable bonds is 3. The quantitative estimate of drug-likeness (QED) is 0.580. The third-order valence-corrected chi connectivity index (χ3v) is 5.93. The number of thioether (sulfide) groups is 1. The van der Waals surface area contributed by atoms with Gasteiger partial charge in [0, 0.05) is 6.54 Å². The smallest absolute Gasteiger partial charge is 0.266 e. The Morgan fingerprint density at radius 1 is 1.04 bits per heavy atom. The predicted octanol–water partition coefficient (Wildman–Crippen LogP) is 6.22. The standard InChI is InChI=1S/C24H28N2OS/c1-7-26-22(27)20(15-18-11-13-19(14-12-18)24(4,5)6)28-23(26)25-21-16(2)9-8-10-17(21)3/h8-15H,7H2,1-6H3/b20-15+,25-23?.